The molecule has 3 aromatic rings. The molecule has 2 amide bonds. The summed E-state index contributed by atoms with van der Waals surface area (Å²) >= 11 is 0. The van der Waals surface area contributed by atoms with E-state index in [0.717, 1.165) is 62.0 Å². The molecule has 0 radical (unpaired) electrons. The van der Waals surface area contributed by atoms with Crippen LogP contribution in [0, 0.1) is 11.7 Å². The molecule has 210 valence electrons. The van der Waals surface area contributed by atoms with E-state index in [1.807, 2.05) is 70.5 Å². The van der Waals surface area contributed by atoms with Gasteiger partial charge < -0.3 is 9.80 Å². The smallest absolute Gasteiger partial charge is 0.234 e. The maximum atomic E-state index is 13.8. The lowest BCUT2D eigenvalue weighted by atomic mass is 9.88. The highest BCUT2D eigenvalue weighted by Gasteiger charge is 2.31. The van der Waals surface area contributed by atoms with Gasteiger partial charge in [0.15, 0.2) is 0 Å². The molecule has 1 saturated heterocycles. The van der Waals surface area contributed by atoms with Gasteiger partial charge in [-0.05, 0) is 41.7 Å². The van der Waals surface area contributed by atoms with Crippen LogP contribution < -0.4 is 0 Å². The Labute approximate surface area is 237 Å². The summed E-state index contributed by atoms with van der Waals surface area (Å²) in [7, 11) is 0. The van der Waals surface area contributed by atoms with Crippen LogP contribution in [0.2, 0.25) is 0 Å². The molecule has 0 atom stereocenters. The number of carbonyl (C=O) groups is 2. The first-order valence-electron chi connectivity index (χ1n) is 14.7. The summed E-state index contributed by atoms with van der Waals surface area (Å²) in [5.41, 5.74) is 2.98. The minimum atomic E-state index is -0.312. The molecule has 0 unspecified atom stereocenters. The number of piperazine rings is 1. The molecule has 2 aliphatic rings. The highest BCUT2D eigenvalue weighted by atomic mass is 19.1. The Morgan fingerprint density at radius 3 is 1.93 bits per heavy atom. The van der Waals surface area contributed by atoms with Crippen molar-refractivity contribution in [2.75, 3.05) is 39.3 Å². The molecule has 0 spiro atoms. The van der Waals surface area contributed by atoms with Crippen LogP contribution in [0.3, 0.4) is 0 Å². The van der Waals surface area contributed by atoms with Crippen LogP contribution in [0.5, 0.6) is 0 Å². The second-order valence-electron chi connectivity index (χ2n) is 11.1. The van der Waals surface area contributed by atoms with E-state index in [1.165, 1.54) is 18.6 Å². The normalized spacial score (nSPS) is 16.7. The third-order valence-corrected chi connectivity index (χ3v) is 8.44. The minimum absolute atomic E-state index is 0.0940. The third kappa shape index (κ3) is 7.16. The Morgan fingerprint density at radius 2 is 1.35 bits per heavy atom. The molecule has 5 nitrogen and oxygen atoms in total. The summed E-state index contributed by atoms with van der Waals surface area (Å²) in [5, 5.41) is 0. The zero-order chi connectivity index (χ0) is 27.7. The van der Waals surface area contributed by atoms with Crippen LogP contribution in [0.15, 0.2) is 84.9 Å². The van der Waals surface area contributed by atoms with Crippen LogP contribution >= 0.6 is 0 Å². The van der Waals surface area contributed by atoms with Crippen molar-refractivity contribution >= 4 is 11.8 Å². The lowest BCUT2D eigenvalue weighted by Crippen LogP contribution is -2.52. The van der Waals surface area contributed by atoms with Crippen molar-refractivity contribution < 1.29 is 14.0 Å². The van der Waals surface area contributed by atoms with Crippen molar-refractivity contribution in [2.45, 2.75) is 44.6 Å². The quantitative estimate of drug-likeness (QED) is 0.349. The molecule has 40 heavy (non-hydrogen) atoms. The Morgan fingerprint density at radius 1 is 0.775 bits per heavy atom. The van der Waals surface area contributed by atoms with E-state index < -0.39 is 0 Å². The number of hydrogen-bond donors (Lipinski definition) is 0. The Kier molecular flexibility index (Phi) is 9.61. The van der Waals surface area contributed by atoms with Crippen molar-refractivity contribution in [1.29, 1.82) is 0 Å². The van der Waals surface area contributed by atoms with Crippen LogP contribution in [-0.2, 0) is 16.1 Å². The molecule has 1 heterocycles. The van der Waals surface area contributed by atoms with Crippen LogP contribution in [-0.4, -0.2) is 65.8 Å². The highest BCUT2D eigenvalue weighted by molar-refractivity contribution is 5.87. The van der Waals surface area contributed by atoms with Crippen LogP contribution in [0.4, 0.5) is 4.39 Å². The van der Waals surface area contributed by atoms with E-state index in [-0.39, 0.29) is 29.5 Å². The fraction of sp³-hybridized carbons (Fsp3) is 0.412. The number of hydrogen-bond acceptors (Lipinski definition) is 3. The van der Waals surface area contributed by atoms with E-state index in [2.05, 4.69) is 4.90 Å². The molecule has 0 aromatic heterocycles. The van der Waals surface area contributed by atoms with E-state index in [1.54, 1.807) is 12.1 Å². The van der Waals surface area contributed by atoms with Crippen molar-refractivity contribution in [2.24, 2.45) is 5.92 Å². The van der Waals surface area contributed by atoms with Gasteiger partial charge in [-0.1, -0.05) is 92.1 Å². The number of carbonyl (C=O) groups excluding carboxylic acids is 2. The summed E-state index contributed by atoms with van der Waals surface area (Å²) in [4.78, 5) is 33.6. The molecule has 1 aliphatic heterocycles. The van der Waals surface area contributed by atoms with Crippen molar-refractivity contribution in [3.8, 4) is 0 Å². The predicted octanol–water partition coefficient (Wildman–Crippen LogP) is 5.71. The van der Waals surface area contributed by atoms with Crippen LogP contribution in [0.25, 0.3) is 0 Å². The fourth-order valence-electron chi connectivity index (χ4n) is 6.09. The summed E-state index contributed by atoms with van der Waals surface area (Å²) < 4.78 is 13.5. The molecular weight excluding hydrogens is 501 g/mol. The van der Waals surface area contributed by atoms with Gasteiger partial charge in [-0.2, -0.15) is 0 Å². The zero-order valence-electron chi connectivity index (χ0n) is 23.3. The second kappa shape index (κ2) is 13.7. The maximum Gasteiger partial charge on any atom is 0.234 e. The van der Waals surface area contributed by atoms with Gasteiger partial charge in [-0.15, -0.1) is 0 Å². The number of rotatable bonds is 9. The van der Waals surface area contributed by atoms with Crippen molar-refractivity contribution in [3.63, 3.8) is 0 Å². The van der Waals surface area contributed by atoms with Gasteiger partial charge in [0.1, 0.15) is 5.82 Å². The standard InChI is InChI=1S/C34H40FN3O2/c35-31-18-16-27(17-19-31)26-38(33(39)30-14-8-3-9-15-30)25-22-36-20-23-37(24-21-36)34(40)32(28-10-4-1-5-11-28)29-12-6-2-7-13-29/h1-2,4-7,10-13,16-19,30,32H,3,8-9,14-15,20-26H2. The number of amides is 2. The molecule has 3 aromatic carbocycles. The van der Waals surface area contributed by atoms with Crippen molar-refractivity contribution in [1.82, 2.24) is 14.7 Å². The molecule has 1 aliphatic carbocycles. The SMILES string of the molecule is O=C(C1CCCCC1)N(CCN1CCN(C(=O)C(c2ccccc2)c2ccccc2)CC1)Cc1ccc(F)cc1. The number of nitrogens with zero attached hydrogens (tertiary/aromatic N) is 3. The monoisotopic (exact) mass is 541 g/mol. The van der Waals surface area contributed by atoms with E-state index >= 15 is 0 Å². The first-order valence-corrected chi connectivity index (χ1v) is 14.7. The Balaban J connectivity index is 1.20. The topological polar surface area (TPSA) is 43.9 Å². The maximum absolute atomic E-state index is 13.8. The van der Waals surface area contributed by atoms with E-state index in [4.69, 9.17) is 0 Å². The summed E-state index contributed by atoms with van der Waals surface area (Å²) in [5.74, 6) is -0.109. The average molecular weight is 542 g/mol. The highest BCUT2D eigenvalue weighted by Crippen LogP contribution is 2.28. The van der Waals surface area contributed by atoms with Crippen LogP contribution in [0.1, 0.15) is 54.7 Å². The van der Waals surface area contributed by atoms with Gasteiger partial charge in [0.2, 0.25) is 11.8 Å². The Bertz CT molecular complexity index is 1180. The predicted molar refractivity (Wildman–Crippen MR) is 156 cm³/mol. The molecule has 0 N–H and O–H groups in total. The van der Waals surface area contributed by atoms with Gasteiger partial charge in [-0.3, -0.25) is 14.5 Å². The third-order valence-electron chi connectivity index (χ3n) is 8.44. The molecule has 2 fully saturated rings. The first kappa shape index (κ1) is 28.0. The Hall–Kier alpha value is -3.51. The lowest BCUT2D eigenvalue weighted by Gasteiger charge is -2.38. The lowest BCUT2D eigenvalue weighted by molar-refractivity contribution is -0.137. The molecule has 1 saturated carbocycles. The summed E-state index contributed by atoms with van der Waals surface area (Å²) in [6, 6.07) is 26.5. The average Bonchev–Trinajstić information content (AvgIpc) is 3.02. The number of halogens is 1. The van der Waals surface area contributed by atoms with Gasteiger partial charge >= 0.3 is 0 Å². The zero-order valence-corrected chi connectivity index (χ0v) is 23.3. The molecular formula is C34H40FN3O2. The first-order chi connectivity index (χ1) is 19.6. The fourth-order valence-corrected chi connectivity index (χ4v) is 6.09. The molecule has 5 rings (SSSR count). The second-order valence-corrected chi connectivity index (χ2v) is 11.1. The van der Waals surface area contributed by atoms with E-state index in [9.17, 15) is 14.0 Å². The van der Waals surface area contributed by atoms with Gasteiger partial charge in [0.25, 0.3) is 0 Å². The summed E-state index contributed by atoms with van der Waals surface area (Å²) in [6.45, 7) is 4.81. The largest absolute Gasteiger partial charge is 0.339 e. The van der Waals surface area contributed by atoms with Gasteiger partial charge in [-0.25, -0.2) is 4.39 Å². The van der Waals surface area contributed by atoms with Gasteiger partial charge in [0.05, 0.1) is 5.92 Å². The minimum Gasteiger partial charge on any atom is -0.339 e. The van der Waals surface area contributed by atoms with E-state index in [0.29, 0.717) is 26.2 Å². The summed E-state index contributed by atoms with van der Waals surface area (Å²) in [6.07, 6.45) is 5.36. The molecule has 6 heteroatoms. The number of benzene rings is 3. The van der Waals surface area contributed by atoms with Crippen molar-refractivity contribution in [3.05, 3.63) is 107 Å². The molecule has 0 bridgehead atoms. The van der Waals surface area contributed by atoms with Gasteiger partial charge in [0, 0.05) is 51.7 Å².